The molecule has 0 saturated carbocycles. The van der Waals surface area contributed by atoms with Crippen LogP contribution in [-0.2, 0) is 9.59 Å². The Morgan fingerprint density at radius 3 is 2.72 bits per heavy atom. The van der Waals surface area contributed by atoms with Crippen LogP contribution in [0.2, 0.25) is 5.02 Å². The molecule has 1 aromatic carbocycles. The molecule has 2 aromatic rings. The number of nitrogens with zero attached hydrogens (tertiary/aromatic N) is 2. The first-order valence-electron chi connectivity index (χ1n) is 8.05. The highest BCUT2D eigenvalue weighted by molar-refractivity contribution is 7.13. The van der Waals surface area contributed by atoms with E-state index >= 15 is 0 Å². The molecule has 1 aromatic heterocycles. The van der Waals surface area contributed by atoms with Crippen molar-refractivity contribution in [3.05, 3.63) is 52.5 Å². The summed E-state index contributed by atoms with van der Waals surface area (Å²) >= 11 is 7.48. The van der Waals surface area contributed by atoms with Crippen molar-refractivity contribution in [2.45, 2.75) is 12.8 Å². The van der Waals surface area contributed by atoms with E-state index in [1.807, 2.05) is 23.6 Å². The van der Waals surface area contributed by atoms with Gasteiger partial charge in [-0.15, -0.1) is 11.3 Å². The molecule has 0 atom stereocenters. The lowest BCUT2D eigenvalue weighted by Crippen LogP contribution is -2.40. The van der Waals surface area contributed by atoms with Crippen LogP contribution < -0.4 is 5.32 Å². The first-order valence-corrected chi connectivity index (χ1v) is 9.31. The fraction of sp³-hybridized carbons (Fsp3) is 0.278. The fourth-order valence-corrected chi connectivity index (χ4v) is 3.46. The van der Waals surface area contributed by atoms with Crippen molar-refractivity contribution in [2.75, 3.05) is 18.4 Å². The molecule has 5 nitrogen and oxygen atoms in total. The van der Waals surface area contributed by atoms with Gasteiger partial charge in [-0.2, -0.15) is 0 Å². The molecular formula is C18H18ClN3O2S. The summed E-state index contributed by atoms with van der Waals surface area (Å²) in [5, 5.41) is 5.88. The highest BCUT2D eigenvalue weighted by Gasteiger charge is 2.26. The SMILES string of the molecule is O=C(Nc1nccs1)C1CCN(C(=O)/C=C/c2ccccc2Cl)CC1. The topological polar surface area (TPSA) is 62.3 Å². The summed E-state index contributed by atoms with van der Waals surface area (Å²) in [7, 11) is 0. The average molecular weight is 376 g/mol. The summed E-state index contributed by atoms with van der Waals surface area (Å²) in [5.41, 5.74) is 0.815. The number of anilines is 1. The van der Waals surface area contributed by atoms with Crippen molar-refractivity contribution in [1.29, 1.82) is 0 Å². The largest absolute Gasteiger partial charge is 0.339 e. The maximum atomic E-state index is 12.3. The van der Waals surface area contributed by atoms with E-state index in [9.17, 15) is 9.59 Å². The summed E-state index contributed by atoms with van der Waals surface area (Å²) < 4.78 is 0. The fourth-order valence-electron chi connectivity index (χ4n) is 2.73. The second-order valence-corrected chi connectivity index (χ2v) is 7.08. The molecular weight excluding hydrogens is 358 g/mol. The van der Waals surface area contributed by atoms with Crippen LogP contribution in [0.1, 0.15) is 18.4 Å². The van der Waals surface area contributed by atoms with Gasteiger partial charge < -0.3 is 10.2 Å². The van der Waals surface area contributed by atoms with Gasteiger partial charge in [-0.05, 0) is 30.5 Å². The number of carbonyl (C=O) groups is 2. The third-order valence-electron chi connectivity index (χ3n) is 4.15. The summed E-state index contributed by atoms with van der Waals surface area (Å²) in [6.45, 7) is 1.14. The minimum atomic E-state index is -0.0829. The molecule has 0 bridgehead atoms. The van der Waals surface area contributed by atoms with Gasteiger partial charge in [0.25, 0.3) is 0 Å². The van der Waals surface area contributed by atoms with E-state index in [1.165, 1.54) is 17.4 Å². The van der Waals surface area contributed by atoms with E-state index in [2.05, 4.69) is 10.3 Å². The first kappa shape index (κ1) is 17.6. The molecule has 7 heteroatoms. The van der Waals surface area contributed by atoms with Crippen LogP contribution in [-0.4, -0.2) is 34.8 Å². The van der Waals surface area contributed by atoms with Gasteiger partial charge in [0, 0.05) is 41.7 Å². The lowest BCUT2D eigenvalue weighted by molar-refractivity contribution is -0.130. The number of thiazole rings is 1. The first-order chi connectivity index (χ1) is 12.1. The van der Waals surface area contributed by atoms with E-state index in [-0.39, 0.29) is 17.7 Å². The maximum Gasteiger partial charge on any atom is 0.246 e. The minimum absolute atomic E-state index is 0.0198. The monoisotopic (exact) mass is 375 g/mol. The highest BCUT2D eigenvalue weighted by Crippen LogP contribution is 2.21. The summed E-state index contributed by atoms with van der Waals surface area (Å²) in [6, 6.07) is 7.38. The molecule has 2 amide bonds. The normalized spacial score (nSPS) is 15.5. The Morgan fingerprint density at radius 1 is 1.28 bits per heavy atom. The minimum Gasteiger partial charge on any atom is -0.339 e. The Balaban J connectivity index is 1.50. The number of nitrogens with one attached hydrogen (secondary N) is 1. The van der Waals surface area contributed by atoms with Gasteiger partial charge in [0.1, 0.15) is 0 Å². The predicted molar refractivity (Wildman–Crippen MR) is 101 cm³/mol. The number of amides is 2. The molecule has 0 radical (unpaired) electrons. The van der Waals surface area contributed by atoms with Gasteiger partial charge in [-0.3, -0.25) is 9.59 Å². The third-order valence-corrected chi connectivity index (χ3v) is 5.18. The van der Waals surface area contributed by atoms with Gasteiger partial charge in [0.05, 0.1) is 0 Å². The molecule has 25 heavy (non-hydrogen) atoms. The van der Waals surface area contributed by atoms with E-state index in [1.54, 1.807) is 23.2 Å². The average Bonchev–Trinajstić information content (AvgIpc) is 3.14. The summed E-state index contributed by atoms with van der Waals surface area (Å²) in [4.78, 5) is 30.3. The van der Waals surface area contributed by atoms with Crippen molar-refractivity contribution in [3.8, 4) is 0 Å². The van der Waals surface area contributed by atoms with Crippen LogP contribution in [0, 0.1) is 5.92 Å². The van der Waals surface area contributed by atoms with Gasteiger partial charge in [0.2, 0.25) is 11.8 Å². The van der Waals surface area contributed by atoms with Crippen molar-refractivity contribution < 1.29 is 9.59 Å². The zero-order chi connectivity index (χ0) is 17.6. The molecule has 1 aliphatic heterocycles. The zero-order valence-corrected chi connectivity index (χ0v) is 15.1. The highest BCUT2D eigenvalue weighted by atomic mass is 35.5. The number of aromatic nitrogens is 1. The van der Waals surface area contributed by atoms with Crippen LogP contribution in [0.5, 0.6) is 0 Å². The lowest BCUT2D eigenvalue weighted by Gasteiger charge is -2.30. The Bertz CT molecular complexity index is 768. The Hall–Kier alpha value is -2.18. The number of likely N-dealkylation sites (tertiary alicyclic amines) is 1. The molecule has 130 valence electrons. The van der Waals surface area contributed by atoms with Gasteiger partial charge in [-0.1, -0.05) is 29.8 Å². The molecule has 0 unspecified atom stereocenters. The molecule has 0 aliphatic carbocycles. The number of halogens is 1. The van der Waals surface area contributed by atoms with Gasteiger partial charge >= 0.3 is 0 Å². The van der Waals surface area contributed by atoms with E-state index < -0.39 is 0 Å². The molecule has 0 spiro atoms. The molecule has 1 saturated heterocycles. The summed E-state index contributed by atoms with van der Waals surface area (Å²) in [6.07, 6.45) is 6.24. The lowest BCUT2D eigenvalue weighted by atomic mass is 9.96. The molecule has 2 heterocycles. The molecule has 1 aliphatic rings. The van der Waals surface area contributed by atoms with E-state index in [4.69, 9.17) is 11.6 Å². The van der Waals surface area contributed by atoms with E-state index in [0.29, 0.717) is 36.1 Å². The number of hydrogen-bond acceptors (Lipinski definition) is 4. The Kier molecular flexibility index (Phi) is 5.83. The van der Waals surface area contributed by atoms with Crippen LogP contribution >= 0.6 is 22.9 Å². The van der Waals surface area contributed by atoms with Crippen LogP contribution in [0.4, 0.5) is 5.13 Å². The quantitative estimate of drug-likeness (QED) is 0.829. The number of piperidine rings is 1. The summed E-state index contributed by atoms with van der Waals surface area (Å²) in [5.74, 6) is -0.159. The van der Waals surface area contributed by atoms with Crippen molar-refractivity contribution in [2.24, 2.45) is 5.92 Å². The number of benzene rings is 1. The number of rotatable bonds is 4. The molecule has 3 rings (SSSR count). The third kappa shape index (κ3) is 4.67. The van der Waals surface area contributed by atoms with Gasteiger partial charge in [-0.25, -0.2) is 4.98 Å². The zero-order valence-electron chi connectivity index (χ0n) is 13.5. The van der Waals surface area contributed by atoms with Crippen LogP contribution in [0.25, 0.3) is 6.08 Å². The number of hydrogen-bond donors (Lipinski definition) is 1. The van der Waals surface area contributed by atoms with Gasteiger partial charge in [0.15, 0.2) is 5.13 Å². The van der Waals surface area contributed by atoms with Crippen molar-refractivity contribution in [1.82, 2.24) is 9.88 Å². The predicted octanol–water partition coefficient (Wildman–Crippen LogP) is 3.69. The molecule has 1 fully saturated rings. The van der Waals surface area contributed by atoms with E-state index in [0.717, 1.165) is 5.56 Å². The van der Waals surface area contributed by atoms with Crippen molar-refractivity contribution in [3.63, 3.8) is 0 Å². The smallest absolute Gasteiger partial charge is 0.246 e. The second kappa shape index (κ2) is 8.27. The van der Waals surface area contributed by atoms with Crippen LogP contribution in [0.15, 0.2) is 41.9 Å². The Labute approximate surface area is 155 Å². The standard InChI is InChI=1S/C18H18ClN3O2S/c19-15-4-2-1-3-13(15)5-6-16(23)22-10-7-14(8-11-22)17(24)21-18-20-9-12-25-18/h1-6,9,12,14H,7-8,10-11H2,(H,20,21,24)/b6-5+. The maximum absolute atomic E-state index is 12.3. The van der Waals surface area contributed by atoms with Crippen molar-refractivity contribution >= 4 is 46.0 Å². The number of carbonyl (C=O) groups excluding carboxylic acids is 2. The Morgan fingerprint density at radius 2 is 2.04 bits per heavy atom. The second-order valence-electron chi connectivity index (χ2n) is 5.78. The van der Waals surface area contributed by atoms with Crippen LogP contribution in [0.3, 0.4) is 0 Å². The molecule has 1 N–H and O–H groups in total.